The Bertz CT molecular complexity index is 591. The van der Waals surface area contributed by atoms with E-state index in [4.69, 9.17) is 0 Å². The highest BCUT2D eigenvalue weighted by molar-refractivity contribution is 5.99. The van der Waals surface area contributed by atoms with E-state index in [1.54, 1.807) is 0 Å². The first-order chi connectivity index (χ1) is 9.09. The minimum atomic E-state index is -0.662. The van der Waals surface area contributed by atoms with Gasteiger partial charge in [-0.05, 0) is 24.1 Å². The predicted molar refractivity (Wildman–Crippen MR) is 70.5 cm³/mol. The predicted octanol–water partition coefficient (Wildman–Crippen LogP) is 2.62. The molecule has 2 aromatic rings. The Hall–Kier alpha value is -2.49. The second-order valence-electron chi connectivity index (χ2n) is 4.24. The van der Waals surface area contributed by atoms with Crippen LogP contribution in [-0.2, 0) is 6.42 Å². The first kappa shape index (κ1) is 13.0. The topological polar surface area (TPSA) is 77.8 Å². The molecule has 4 nitrogen and oxygen atoms in total. The number of hydrogen-bond donors (Lipinski definition) is 3. The molecule has 3 N–H and O–H groups in total. The lowest BCUT2D eigenvalue weighted by atomic mass is 10.0. The number of Topliss-reactive ketones (excluding diaryl/α,β-unsaturated/α-hetero) is 1. The van der Waals surface area contributed by atoms with Crippen LogP contribution in [0.25, 0.3) is 0 Å². The zero-order valence-corrected chi connectivity index (χ0v) is 10.2. The number of rotatable bonds is 4. The number of hydrogen-bond acceptors (Lipinski definition) is 4. The van der Waals surface area contributed by atoms with Crippen LogP contribution in [0, 0.1) is 0 Å². The fourth-order valence-corrected chi connectivity index (χ4v) is 1.83. The molecular weight excluding hydrogens is 244 g/mol. The van der Waals surface area contributed by atoms with Crippen molar-refractivity contribution in [3.05, 3.63) is 53.6 Å². The minimum absolute atomic E-state index is 0.0197. The molecule has 0 spiro atoms. The van der Waals surface area contributed by atoms with Crippen molar-refractivity contribution in [2.45, 2.75) is 12.8 Å². The molecule has 0 unspecified atom stereocenters. The number of aryl methyl sites for hydroxylation is 1. The van der Waals surface area contributed by atoms with Crippen LogP contribution in [0.3, 0.4) is 0 Å². The lowest BCUT2D eigenvalue weighted by molar-refractivity contribution is 0.0979. The van der Waals surface area contributed by atoms with Crippen LogP contribution < -0.4 is 0 Å². The molecule has 0 aliphatic rings. The average Bonchev–Trinajstić information content (AvgIpc) is 2.43. The molecule has 0 aliphatic carbocycles. The van der Waals surface area contributed by atoms with Gasteiger partial charge in [0.15, 0.2) is 17.3 Å². The molecule has 2 aromatic carbocycles. The summed E-state index contributed by atoms with van der Waals surface area (Å²) < 4.78 is 0. The van der Waals surface area contributed by atoms with Crippen LogP contribution in [0.4, 0.5) is 0 Å². The van der Waals surface area contributed by atoms with Gasteiger partial charge in [0.2, 0.25) is 5.75 Å². The molecule has 0 saturated heterocycles. The van der Waals surface area contributed by atoms with E-state index >= 15 is 0 Å². The molecular formula is C15H14O4. The van der Waals surface area contributed by atoms with Crippen molar-refractivity contribution >= 4 is 5.78 Å². The summed E-state index contributed by atoms with van der Waals surface area (Å²) in [6.07, 6.45) is 0.780. The van der Waals surface area contributed by atoms with Crippen LogP contribution in [0.15, 0.2) is 42.5 Å². The molecule has 0 atom stereocenters. The van der Waals surface area contributed by atoms with Crippen LogP contribution in [0.5, 0.6) is 17.2 Å². The van der Waals surface area contributed by atoms with Crippen LogP contribution in [0.2, 0.25) is 0 Å². The van der Waals surface area contributed by atoms with Crippen LogP contribution in [0.1, 0.15) is 22.3 Å². The van der Waals surface area contributed by atoms with Gasteiger partial charge in [0.05, 0.1) is 5.56 Å². The van der Waals surface area contributed by atoms with E-state index in [1.165, 1.54) is 12.1 Å². The molecule has 0 bridgehead atoms. The van der Waals surface area contributed by atoms with Gasteiger partial charge in [0, 0.05) is 6.42 Å². The van der Waals surface area contributed by atoms with E-state index < -0.39 is 17.2 Å². The van der Waals surface area contributed by atoms with Gasteiger partial charge in [-0.15, -0.1) is 0 Å². The molecule has 0 amide bonds. The van der Waals surface area contributed by atoms with Crippen molar-refractivity contribution in [3.8, 4) is 17.2 Å². The molecule has 0 radical (unpaired) electrons. The fraction of sp³-hybridized carbons (Fsp3) is 0.133. The third kappa shape index (κ3) is 2.85. The summed E-state index contributed by atoms with van der Waals surface area (Å²) in [6, 6.07) is 12.0. The Balaban J connectivity index is 2.11. The number of phenols is 3. The summed E-state index contributed by atoms with van der Waals surface area (Å²) in [5.74, 6) is -1.96. The van der Waals surface area contributed by atoms with Gasteiger partial charge < -0.3 is 15.3 Å². The second-order valence-corrected chi connectivity index (χ2v) is 4.24. The zero-order valence-electron chi connectivity index (χ0n) is 10.2. The summed E-state index contributed by atoms with van der Waals surface area (Å²) in [7, 11) is 0. The van der Waals surface area contributed by atoms with Gasteiger partial charge in [0.25, 0.3) is 0 Å². The van der Waals surface area contributed by atoms with Crippen LogP contribution >= 0.6 is 0 Å². The van der Waals surface area contributed by atoms with Gasteiger partial charge >= 0.3 is 0 Å². The largest absolute Gasteiger partial charge is 0.504 e. The van der Waals surface area contributed by atoms with E-state index in [9.17, 15) is 20.1 Å². The molecule has 0 aliphatic heterocycles. The molecule has 4 heteroatoms. The van der Waals surface area contributed by atoms with Crippen molar-refractivity contribution in [1.29, 1.82) is 0 Å². The Morgan fingerprint density at radius 1 is 0.895 bits per heavy atom. The highest BCUT2D eigenvalue weighted by atomic mass is 16.3. The Morgan fingerprint density at radius 3 is 2.26 bits per heavy atom. The molecule has 0 heterocycles. The lowest BCUT2D eigenvalue weighted by Crippen LogP contribution is -2.01. The molecule has 98 valence electrons. The molecule has 0 saturated carbocycles. The standard InChI is InChI=1S/C15H14O4/c16-12(8-6-10-4-2-1-3-5-10)11-7-9-13(17)15(19)14(11)18/h1-5,7,9,17-19H,6,8H2. The third-order valence-electron chi connectivity index (χ3n) is 2.91. The zero-order chi connectivity index (χ0) is 13.8. The van der Waals surface area contributed by atoms with E-state index in [-0.39, 0.29) is 17.8 Å². The number of ketones is 1. The maximum Gasteiger partial charge on any atom is 0.201 e. The van der Waals surface area contributed by atoms with Gasteiger partial charge in [-0.25, -0.2) is 0 Å². The molecule has 2 rings (SSSR count). The first-order valence-electron chi connectivity index (χ1n) is 5.90. The number of phenolic OH excluding ortho intramolecular Hbond substituents is 3. The number of carbonyl (C=O) groups excluding carboxylic acids is 1. The normalized spacial score (nSPS) is 10.3. The van der Waals surface area contributed by atoms with E-state index in [1.807, 2.05) is 30.3 Å². The molecule has 19 heavy (non-hydrogen) atoms. The van der Waals surface area contributed by atoms with Crippen LogP contribution in [-0.4, -0.2) is 21.1 Å². The Labute approximate surface area is 110 Å². The highest BCUT2D eigenvalue weighted by Gasteiger charge is 2.16. The van der Waals surface area contributed by atoms with E-state index in [0.29, 0.717) is 6.42 Å². The van der Waals surface area contributed by atoms with Crippen molar-refractivity contribution in [2.24, 2.45) is 0 Å². The second kappa shape index (κ2) is 5.44. The number of aromatic hydroxyl groups is 3. The maximum absolute atomic E-state index is 11.9. The van der Waals surface area contributed by atoms with Gasteiger partial charge in [-0.1, -0.05) is 30.3 Å². The third-order valence-corrected chi connectivity index (χ3v) is 2.91. The van der Waals surface area contributed by atoms with Crippen molar-refractivity contribution in [1.82, 2.24) is 0 Å². The SMILES string of the molecule is O=C(CCc1ccccc1)c1ccc(O)c(O)c1O. The fourth-order valence-electron chi connectivity index (χ4n) is 1.83. The summed E-state index contributed by atoms with van der Waals surface area (Å²) >= 11 is 0. The van der Waals surface area contributed by atoms with Gasteiger partial charge in [0.1, 0.15) is 0 Å². The summed E-state index contributed by atoms with van der Waals surface area (Å²) in [5.41, 5.74) is 1.05. The van der Waals surface area contributed by atoms with Crippen molar-refractivity contribution < 1.29 is 20.1 Å². The number of carbonyl (C=O) groups is 1. The monoisotopic (exact) mass is 258 g/mol. The Kier molecular flexibility index (Phi) is 3.71. The van der Waals surface area contributed by atoms with Crippen molar-refractivity contribution in [2.75, 3.05) is 0 Å². The quantitative estimate of drug-likeness (QED) is 0.582. The maximum atomic E-state index is 11.9. The lowest BCUT2D eigenvalue weighted by Gasteiger charge is -2.07. The highest BCUT2D eigenvalue weighted by Crippen LogP contribution is 2.37. The van der Waals surface area contributed by atoms with Gasteiger partial charge in [-0.2, -0.15) is 0 Å². The molecule has 0 aromatic heterocycles. The number of benzene rings is 2. The minimum Gasteiger partial charge on any atom is -0.504 e. The smallest absolute Gasteiger partial charge is 0.201 e. The van der Waals surface area contributed by atoms with E-state index in [0.717, 1.165) is 5.56 Å². The molecule has 0 fully saturated rings. The summed E-state index contributed by atoms with van der Waals surface area (Å²) in [6.45, 7) is 0. The average molecular weight is 258 g/mol. The first-order valence-corrected chi connectivity index (χ1v) is 5.90. The van der Waals surface area contributed by atoms with E-state index in [2.05, 4.69) is 0 Å². The van der Waals surface area contributed by atoms with Gasteiger partial charge in [-0.3, -0.25) is 4.79 Å². The van der Waals surface area contributed by atoms with Crippen molar-refractivity contribution in [3.63, 3.8) is 0 Å². The Morgan fingerprint density at radius 2 is 1.58 bits per heavy atom. The summed E-state index contributed by atoms with van der Waals surface area (Å²) in [4.78, 5) is 11.9. The summed E-state index contributed by atoms with van der Waals surface area (Å²) in [5, 5.41) is 28.2.